The van der Waals surface area contributed by atoms with Crippen LogP contribution in [-0.4, -0.2) is 10.9 Å². The molecule has 0 bridgehead atoms. The second-order valence-electron chi connectivity index (χ2n) is 3.31. The Labute approximate surface area is 96.1 Å². The fraction of sp³-hybridized carbons (Fsp3) is 0.182. The molecule has 2 rings (SSSR count). The minimum absolute atomic E-state index is 0.813. The number of fused-ring (bicyclic) bond motifs is 1. The highest BCUT2D eigenvalue weighted by Gasteiger charge is 2.12. The molecule has 0 radical (unpaired) electrons. The number of carbonyl (C=O) groups excluding carboxylic acids is 1. The molecular weight excluding hydrogens is 289 g/mol. The van der Waals surface area contributed by atoms with Crippen LogP contribution in [0.2, 0.25) is 0 Å². The average molecular weight is 299 g/mol. The van der Waals surface area contributed by atoms with Crippen LogP contribution < -0.4 is 0 Å². The number of halogens is 1. The van der Waals surface area contributed by atoms with Gasteiger partial charge in [0.05, 0.1) is 0 Å². The second-order valence-corrected chi connectivity index (χ2v) is 4.47. The lowest BCUT2D eigenvalue weighted by Gasteiger charge is -1.97. The number of nitrogens with zero attached hydrogens (tertiary/aromatic N) is 1. The monoisotopic (exact) mass is 299 g/mol. The van der Waals surface area contributed by atoms with E-state index < -0.39 is 0 Å². The third kappa shape index (κ3) is 1.19. The van der Waals surface area contributed by atoms with E-state index in [0.29, 0.717) is 0 Å². The van der Waals surface area contributed by atoms with Crippen LogP contribution in [0.15, 0.2) is 18.2 Å². The molecule has 0 saturated carbocycles. The summed E-state index contributed by atoms with van der Waals surface area (Å²) in [7, 11) is 1.99. The summed E-state index contributed by atoms with van der Waals surface area (Å²) in [4.78, 5) is 11.0. The molecule has 0 fully saturated rings. The van der Waals surface area contributed by atoms with Gasteiger partial charge in [0.1, 0.15) is 0 Å². The van der Waals surface area contributed by atoms with Crippen LogP contribution in [0.3, 0.4) is 0 Å². The van der Waals surface area contributed by atoms with Crippen molar-refractivity contribution in [2.45, 2.75) is 6.92 Å². The Balaban J connectivity index is 3.03. The smallest absolute Gasteiger partial charge is 0.152 e. The fourth-order valence-corrected chi connectivity index (χ4v) is 2.52. The van der Waals surface area contributed by atoms with Gasteiger partial charge in [-0.3, -0.25) is 4.79 Å². The molecule has 2 aromatic rings. The highest BCUT2D eigenvalue weighted by atomic mass is 127. The first-order chi connectivity index (χ1) is 6.66. The van der Waals surface area contributed by atoms with E-state index in [4.69, 9.17) is 0 Å². The molecule has 1 aromatic heterocycles. The van der Waals surface area contributed by atoms with Crippen LogP contribution in [-0.2, 0) is 7.05 Å². The standard InChI is InChI=1S/C11H10INO/c1-7-8(6-14)11-9(12)4-3-5-10(11)13(7)2/h3-6H,1-2H3. The summed E-state index contributed by atoms with van der Waals surface area (Å²) in [6.45, 7) is 1.97. The van der Waals surface area contributed by atoms with Crippen LogP contribution in [0.5, 0.6) is 0 Å². The second kappa shape index (κ2) is 3.38. The maximum atomic E-state index is 11.0. The molecule has 0 aliphatic heterocycles. The first-order valence-corrected chi connectivity index (χ1v) is 5.43. The lowest BCUT2D eigenvalue weighted by molar-refractivity contribution is 0.112. The van der Waals surface area contributed by atoms with Crippen LogP contribution in [0.25, 0.3) is 10.9 Å². The average Bonchev–Trinajstić information content (AvgIpc) is 2.43. The molecule has 0 spiro atoms. The quantitative estimate of drug-likeness (QED) is 0.586. The molecule has 72 valence electrons. The Kier molecular flexibility index (Phi) is 2.34. The molecule has 0 amide bonds. The van der Waals surface area contributed by atoms with Crippen molar-refractivity contribution in [3.63, 3.8) is 0 Å². The van der Waals surface area contributed by atoms with Crippen molar-refractivity contribution in [2.75, 3.05) is 0 Å². The van der Waals surface area contributed by atoms with Crippen molar-refractivity contribution in [1.29, 1.82) is 0 Å². The van der Waals surface area contributed by atoms with Crippen molar-refractivity contribution in [1.82, 2.24) is 4.57 Å². The van der Waals surface area contributed by atoms with Crippen molar-refractivity contribution >= 4 is 39.8 Å². The summed E-state index contributed by atoms with van der Waals surface area (Å²) in [6, 6.07) is 6.07. The number of rotatable bonds is 1. The maximum Gasteiger partial charge on any atom is 0.152 e. The van der Waals surface area contributed by atoms with Gasteiger partial charge in [-0.2, -0.15) is 0 Å². The Morgan fingerprint density at radius 3 is 2.79 bits per heavy atom. The minimum atomic E-state index is 0.813. The van der Waals surface area contributed by atoms with Gasteiger partial charge in [-0.1, -0.05) is 6.07 Å². The van der Waals surface area contributed by atoms with Gasteiger partial charge in [0.15, 0.2) is 6.29 Å². The molecule has 1 aromatic carbocycles. The zero-order valence-electron chi connectivity index (χ0n) is 8.04. The molecule has 0 unspecified atom stereocenters. The van der Waals surface area contributed by atoms with E-state index in [0.717, 1.165) is 32.0 Å². The number of aromatic nitrogens is 1. The highest BCUT2D eigenvalue weighted by Crippen LogP contribution is 2.27. The minimum Gasteiger partial charge on any atom is -0.347 e. The summed E-state index contributed by atoms with van der Waals surface area (Å²) in [5, 5.41) is 1.07. The summed E-state index contributed by atoms with van der Waals surface area (Å²) >= 11 is 2.26. The Morgan fingerprint density at radius 2 is 2.14 bits per heavy atom. The Hall–Kier alpha value is -0.840. The lowest BCUT2D eigenvalue weighted by Crippen LogP contribution is -1.91. The van der Waals surface area contributed by atoms with E-state index in [2.05, 4.69) is 27.2 Å². The van der Waals surface area contributed by atoms with Gasteiger partial charge in [-0.05, 0) is 41.6 Å². The van der Waals surface area contributed by atoms with Crippen LogP contribution in [0.4, 0.5) is 0 Å². The molecule has 1 heterocycles. The number of benzene rings is 1. The molecule has 0 atom stereocenters. The van der Waals surface area contributed by atoms with E-state index in [1.807, 2.05) is 32.2 Å². The van der Waals surface area contributed by atoms with Gasteiger partial charge in [-0.15, -0.1) is 0 Å². The third-order valence-electron chi connectivity index (χ3n) is 2.63. The van der Waals surface area contributed by atoms with Crippen molar-refractivity contribution in [3.8, 4) is 0 Å². The first-order valence-electron chi connectivity index (χ1n) is 4.35. The summed E-state index contributed by atoms with van der Waals surface area (Å²) in [5.74, 6) is 0. The van der Waals surface area contributed by atoms with Gasteiger partial charge in [0.2, 0.25) is 0 Å². The van der Waals surface area contributed by atoms with Gasteiger partial charge < -0.3 is 4.57 Å². The molecular formula is C11H10INO. The van der Waals surface area contributed by atoms with Gasteiger partial charge in [-0.25, -0.2) is 0 Å². The molecule has 0 aliphatic carbocycles. The highest BCUT2D eigenvalue weighted by molar-refractivity contribution is 14.1. The first kappa shape index (κ1) is 9.71. The molecule has 14 heavy (non-hydrogen) atoms. The van der Waals surface area contributed by atoms with Crippen LogP contribution >= 0.6 is 22.6 Å². The number of aldehydes is 1. The normalized spacial score (nSPS) is 10.8. The largest absolute Gasteiger partial charge is 0.347 e. The summed E-state index contributed by atoms with van der Waals surface area (Å²) < 4.78 is 3.19. The number of aryl methyl sites for hydroxylation is 1. The van der Waals surface area contributed by atoms with Gasteiger partial charge in [0, 0.05) is 32.8 Å². The van der Waals surface area contributed by atoms with Gasteiger partial charge >= 0.3 is 0 Å². The van der Waals surface area contributed by atoms with Crippen molar-refractivity contribution in [2.24, 2.45) is 7.05 Å². The van der Waals surface area contributed by atoms with Crippen LogP contribution in [0, 0.1) is 10.5 Å². The van der Waals surface area contributed by atoms with Crippen LogP contribution in [0.1, 0.15) is 16.1 Å². The fourth-order valence-electron chi connectivity index (χ4n) is 1.75. The zero-order valence-corrected chi connectivity index (χ0v) is 10.2. The molecule has 3 heteroatoms. The topological polar surface area (TPSA) is 22.0 Å². The summed E-state index contributed by atoms with van der Waals surface area (Å²) in [5.41, 5.74) is 2.96. The van der Waals surface area contributed by atoms with Gasteiger partial charge in [0.25, 0.3) is 0 Å². The predicted molar refractivity (Wildman–Crippen MR) is 65.8 cm³/mol. The predicted octanol–water partition coefficient (Wildman–Crippen LogP) is 2.90. The van der Waals surface area contributed by atoms with Crippen molar-refractivity contribution < 1.29 is 4.79 Å². The Bertz CT molecular complexity index is 513. The Morgan fingerprint density at radius 1 is 1.43 bits per heavy atom. The zero-order chi connectivity index (χ0) is 10.3. The third-order valence-corrected chi connectivity index (χ3v) is 3.53. The van der Waals surface area contributed by atoms with E-state index in [9.17, 15) is 4.79 Å². The molecule has 0 saturated heterocycles. The number of hydrogen-bond acceptors (Lipinski definition) is 1. The van der Waals surface area contributed by atoms with E-state index in [1.165, 1.54) is 0 Å². The maximum absolute atomic E-state index is 11.0. The SMILES string of the molecule is Cc1c(C=O)c2c(I)cccc2n1C. The number of carbonyl (C=O) groups is 1. The van der Waals surface area contributed by atoms with E-state index >= 15 is 0 Å². The molecule has 0 aliphatic rings. The molecule has 0 N–H and O–H groups in total. The van der Waals surface area contributed by atoms with E-state index in [-0.39, 0.29) is 0 Å². The summed E-state index contributed by atoms with van der Waals surface area (Å²) in [6.07, 6.45) is 0.944. The number of hydrogen-bond donors (Lipinski definition) is 0. The molecule has 2 nitrogen and oxygen atoms in total. The van der Waals surface area contributed by atoms with E-state index in [1.54, 1.807) is 0 Å². The lowest BCUT2D eigenvalue weighted by atomic mass is 10.1. The van der Waals surface area contributed by atoms with Crippen molar-refractivity contribution in [3.05, 3.63) is 33.0 Å².